The summed E-state index contributed by atoms with van der Waals surface area (Å²) in [6.07, 6.45) is 6.42. The van der Waals surface area contributed by atoms with Crippen LogP contribution < -0.4 is 10.1 Å². The normalized spacial score (nSPS) is 11.1. The van der Waals surface area contributed by atoms with E-state index in [9.17, 15) is 20.1 Å². The number of benzene rings is 2. The zero-order chi connectivity index (χ0) is 18.2. The largest absolute Gasteiger partial charge is 0.504 e. The number of amides is 1. The number of aromatic hydroxyl groups is 3. The highest BCUT2D eigenvalue weighted by molar-refractivity contribution is 5.87. The number of carbonyl (C=O) groups is 1. The molecule has 0 aromatic heterocycles. The Morgan fingerprint density at radius 2 is 1.80 bits per heavy atom. The number of carbonyl (C=O) groups excluding carboxylic acids is 1. The molecule has 0 saturated heterocycles. The predicted octanol–water partition coefficient (Wildman–Crippen LogP) is 2.70. The Bertz CT molecular complexity index is 811. The fraction of sp³-hybridized carbons (Fsp3) is 0.105. The van der Waals surface area contributed by atoms with Crippen molar-refractivity contribution in [2.45, 2.75) is 6.54 Å². The third-order valence-corrected chi connectivity index (χ3v) is 3.36. The Morgan fingerprint density at radius 3 is 2.52 bits per heavy atom. The minimum atomic E-state index is -0.291. The standard InChI is InChI=1S/C19H19NO5/c1-25-18-11-13(6-9-16(18)22)4-2-3-5-19(24)20-12-14-7-8-15(21)17(23)10-14/h2-11,21-23H,12H2,1H3,(H,20,24). The van der Waals surface area contributed by atoms with E-state index in [0.717, 1.165) is 5.56 Å². The van der Waals surface area contributed by atoms with Gasteiger partial charge in [-0.05, 0) is 35.4 Å². The second-order valence-corrected chi connectivity index (χ2v) is 5.19. The molecule has 0 heterocycles. The second-order valence-electron chi connectivity index (χ2n) is 5.19. The molecule has 0 atom stereocenters. The van der Waals surface area contributed by atoms with Crippen molar-refractivity contribution in [3.63, 3.8) is 0 Å². The van der Waals surface area contributed by atoms with Crippen molar-refractivity contribution in [3.05, 3.63) is 65.8 Å². The Kier molecular flexibility index (Phi) is 6.06. The van der Waals surface area contributed by atoms with Crippen molar-refractivity contribution >= 4 is 12.0 Å². The molecule has 0 saturated carbocycles. The zero-order valence-corrected chi connectivity index (χ0v) is 13.6. The number of allylic oxidation sites excluding steroid dienone is 2. The molecule has 0 aliphatic carbocycles. The topological polar surface area (TPSA) is 99.0 Å². The Morgan fingerprint density at radius 1 is 1.04 bits per heavy atom. The average Bonchev–Trinajstić information content (AvgIpc) is 2.61. The average molecular weight is 341 g/mol. The van der Waals surface area contributed by atoms with Crippen LogP contribution in [0.2, 0.25) is 0 Å². The fourth-order valence-corrected chi connectivity index (χ4v) is 2.03. The molecule has 6 nitrogen and oxygen atoms in total. The molecule has 0 spiro atoms. The summed E-state index contributed by atoms with van der Waals surface area (Å²) < 4.78 is 5.02. The zero-order valence-electron chi connectivity index (χ0n) is 13.6. The van der Waals surface area contributed by atoms with Gasteiger partial charge < -0.3 is 25.4 Å². The van der Waals surface area contributed by atoms with E-state index in [1.807, 2.05) is 0 Å². The third-order valence-electron chi connectivity index (χ3n) is 3.36. The van der Waals surface area contributed by atoms with Crippen molar-refractivity contribution in [2.75, 3.05) is 7.11 Å². The van der Waals surface area contributed by atoms with Crippen molar-refractivity contribution in [1.82, 2.24) is 5.32 Å². The van der Waals surface area contributed by atoms with E-state index >= 15 is 0 Å². The molecule has 1 amide bonds. The first-order valence-corrected chi connectivity index (χ1v) is 7.50. The lowest BCUT2D eigenvalue weighted by Gasteiger charge is -2.04. The number of ether oxygens (including phenoxy) is 1. The van der Waals surface area contributed by atoms with Crippen LogP contribution in [-0.4, -0.2) is 28.3 Å². The maximum Gasteiger partial charge on any atom is 0.244 e. The summed E-state index contributed by atoms with van der Waals surface area (Å²) in [5.41, 5.74) is 1.49. The van der Waals surface area contributed by atoms with Gasteiger partial charge in [-0.2, -0.15) is 0 Å². The number of rotatable bonds is 6. The lowest BCUT2D eigenvalue weighted by Crippen LogP contribution is -2.20. The van der Waals surface area contributed by atoms with Crippen LogP contribution in [0.3, 0.4) is 0 Å². The number of hydrogen-bond donors (Lipinski definition) is 4. The molecule has 0 bridgehead atoms. The summed E-state index contributed by atoms with van der Waals surface area (Å²) in [7, 11) is 1.47. The number of hydrogen-bond acceptors (Lipinski definition) is 5. The number of phenolic OH excluding ortho intramolecular Hbond substituents is 3. The van der Waals surface area contributed by atoms with Crippen LogP contribution >= 0.6 is 0 Å². The van der Waals surface area contributed by atoms with Gasteiger partial charge in [0.2, 0.25) is 5.91 Å². The Hall–Kier alpha value is -3.41. The van der Waals surface area contributed by atoms with E-state index in [1.54, 1.807) is 36.4 Å². The summed E-state index contributed by atoms with van der Waals surface area (Å²) in [4.78, 5) is 11.7. The van der Waals surface area contributed by atoms with Gasteiger partial charge in [-0.3, -0.25) is 4.79 Å². The molecule has 0 unspecified atom stereocenters. The van der Waals surface area contributed by atoms with Gasteiger partial charge in [0.25, 0.3) is 0 Å². The summed E-state index contributed by atoms with van der Waals surface area (Å²) >= 11 is 0. The van der Waals surface area contributed by atoms with E-state index in [-0.39, 0.29) is 29.7 Å². The smallest absolute Gasteiger partial charge is 0.244 e. The van der Waals surface area contributed by atoms with Crippen LogP contribution in [0.1, 0.15) is 11.1 Å². The number of methoxy groups -OCH3 is 1. The predicted molar refractivity (Wildman–Crippen MR) is 94.5 cm³/mol. The molecule has 6 heteroatoms. The maximum atomic E-state index is 11.7. The minimum absolute atomic E-state index is 0.0647. The van der Waals surface area contributed by atoms with Gasteiger partial charge in [0.1, 0.15) is 0 Å². The summed E-state index contributed by atoms with van der Waals surface area (Å²) in [6, 6.07) is 9.29. The van der Waals surface area contributed by atoms with Gasteiger partial charge in [0.05, 0.1) is 7.11 Å². The van der Waals surface area contributed by atoms with Crippen LogP contribution in [0.25, 0.3) is 6.08 Å². The van der Waals surface area contributed by atoms with Crippen LogP contribution in [0.15, 0.2) is 54.6 Å². The maximum absolute atomic E-state index is 11.7. The lowest BCUT2D eigenvalue weighted by atomic mass is 10.2. The molecule has 0 aliphatic heterocycles. The van der Waals surface area contributed by atoms with Gasteiger partial charge in [-0.15, -0.1) is 0 Å². The summed E-state index contributed by atoms with van der Waals surface area (Å²) in [5.74, 6) is -0.281. The first-order valence-electron chi connectivity index (χ1n) is 7.50. The first kappa shape index (κ1) is 17.9. The van der Waals surface area contributed by atoms with Crippen molar-refractivity contribution in [1.29, 1.82) is 0 Å². The second kappa shape index (κ2) is 8.44. The molecule has 2 aromatic rings. The van der Waals surface area contributed by atoms with Crippen molar-refractivity contribution in [2.24, 2.45) is 0 Å². The molecular weight excluding hydrogens is 322 g/mol. The molecule has 25 heavy (non-hydrogen) atoms. The van der Waals surface area contributed by atoms with Gasteiger partial charge in [-0.1, -0.05) is 30.4 Å². The Balaban J connectivity index is 1.86. The van der Waals surface area contributed by atoms with Gasteiger partial charge in [-0.25, -0.2) is 0 Å². The molecular formula is C19H19NO5. The molecule has 2 rings (SSSR count). The van der Waals surface area contributed by atoms with Crippen LogP contribution in [0.5, 0.6) is 23.0 Å². The Labute approximate surface area is 145 Å². The first-order chi connectivity index (χ1) is 12.0. The van der Waals surface area contributed by atoms with Gasteiger partial charge >= 0.3 is 0 Å². The molecule has 0 fully saturated rings. The molecule has 130 valence electrons. The summed E-state index contributed by atoms with van der Waals surface area (Å²) in [5, 5.41) is 30.8. The quantitative estimate of drug-likeness (QED) is 0.368. The van der Waals surface area contributed by atoms with Gasteiger partial charge in [0.15, 0.2) is 23.0 Å². The van der Waals surface area contributed by atoms with Crippen LogP contribution in [-0.2, 0) is 11.3 Å². The minimum Gasteiger partial charge on any atom is -0.504 e. The van der Waals surface area contributed by atoms with E-state index in [4.69, 9.17) is 4.74 Å². The third kappa shape index (κ3) is 5.31. The van der Waals surface area contributed by atoms with E-state index in [1.165, 1.54) is 31.4 Å². The monoisotopic (exact) mass is 341 g/mol. The van der Waals surface area contributed by atoms with Crippen LogP contribution in [0, 0.1) is 0 Å². The van der Waals surface area contributed by atoms with Gasteiger partial charge in [0, 0.05) is 12.6 Å². The van der Waals surface area contributed by atoms with Crippen molar-refractivity contribution in [3.8, 4) is 23.0 Å². The number of phenols is 3. The molecule has 0 aliphatic rings. The number of nitrogens with one attached hydrogen (secondary N) is 1. The van der Waals surface area contributed by atoms with Crippen LogP contribution in [0.4, 0.5) is 0 Å². The van der Waals surface area contributed by atoms with E-state index in [0.29, 0.717) is 11.3 Å². The summed E-state index contributed by atoms with van der Waals surface area (Å²) in [6.45, 7) is 0.232. The lowest BCUT2D eigenvalue weighted by molar-refractivity contribution is -0.116. The van der Waals surface area contributed by atoms with E-state index < -0.39 is 0 Å². The molecule has 4 N–H and O–H groups in total. The molecule has 2 aromatic carbocycles. The van der Waals surface area contributed by atoms with Crippen molar-refractivity contribution < 1.29 is 24.9 Å². The highest BCUT2D eigenvalue weighted by atomic mass is 16.5. The van der Waals surface area contributed by atoms with E-state index in [2.05, 4.69) is 5.32 Å². The highest BCUT2D eigenvalue weighted by Crippen LogP contribution is 2.26. The highest BCUT2D eigenvalue weighted by Gasteiger charge is 2.02. The SMILES string of the molecule is COc1cc(C=CC=CC(=O)NCc2ccc(O)c(O)c2)ccc1O. The molecule has 0 radical (unpaired) electrons. The fourth-order valence-electron chi connectivity index (χ4n) is 2.03.